The average molecular weight is 273 g/mol. The number of aryl methyl sites for hydroxylation is 3. The fraction of sp³-hybridized carbons (Fsp3) is 0.467. The van der Waals surface area contributed by atoms with Crippen LogP contribution in [0.25, 0.3) is 0 Å². The number of nitrogens with zero attached hydrogens (tertiary/aromatic N) is 3. The predicted molar refractivity (Wildman–Crippen MR) is 80.0 cm³/mol. The zero-order valence-corrected chi connectivity index (χ0v) is 12.4. The van der Waals surface area contributed by atoms with E-state index in [0.717, 1.165) is 36.3 Å². The van der Waals surface area contributed by atoms with Gasteiger partial charge in [-0.1, -0.05) is 19.9 Å². The summed E-state index contributed by atoms with van der Waals surface area (Å²) >= 11 is 0. The van der Waals surface area contributed by atoms with Crippen LogP contribution in [-0.2, 0) is 26.3 Å². The smallest absolute Gasteiger partial charge is 0.0690 e. The molecule has 0 aliphatic carbocycles. The Morgan fingerprint density at radius 3 is 2.75 bits per heavy atom. The lowest BCUT2D eigenvalue weighted by atomic mass is 10.0. The number of pyridine rings is 1. The molecule has 5 nitrogen and oxygen atoms in total. The number of aromatic nitrogens is 3. The molecule has 0 radical (unpaired) electrons. The van der Waals surface area contributed by atoms with Crippen LogP contribution in [0.15, 0.2) is 24.4 Å². The standard InChI is InChI=1S/C15H23N5/c1-4-11-7-6-8-17-15(11)14(18-16)10-13-9-12(5-2)19-20(13)3/h6-9,14,18H,4-5,10,16H2,1-3H3. The first-order chi connectivity index (χ1) is 9.69. The van der Waals surface area contributed by atoms with Crippen molar-refractivity contribution in [3.63, 3.8) is 0 Å². The highest BCUT2D eigenvalue weighted by molar-refractivity contribution is 5.24. The third kappa shape index (κ3) is 3.05. The Labute approximate surface area is 120 Å². The summed E-state index contributed by atoms with van der Waals surface area (Å²) in [5.74, 6) is 5.75. The number of hydrogen-bond donors (Lipinski definition) is 2. The molecule has 2 heterocycles. The highest BCUT2D eigenvalue weighted by Crippen LogP contribution is 2.20. The monoisotopic (exact) mass is 273 g/mol. The van der Waals surface area contributed by atoms with Crippen molar-refractivity contribution in [3.05, 3.63) is 47.0 Å². The molecule has 1 atom stereocenters. The van der Waals surface area contributed by atoms with Gasteiger partial charge in [-0.15, -0.1) is 0 Å². The van der Waals surface area contributed by atoms with E-state index in [1.807, 2.05) is 24.0 Å². The number of hydrogen-bond acceptors (Lipinski definition) is 4. The van der Waals surface area contributed by atoms with Crippen LogP contribution in [0.3, 0.4) is 0 Å². The Bertz CT molecular complexity index is 561. The molecule has 2 aromatic heterocycles. The summed E-state index contributed by atoms with van der Waals surface area (Å²) in [7, 11) is 1.97. The van der Waals surface area contributed by atoms with Crippen LogP contribution in [-0.4, -0.2) is 14.8 Å². The van der Waals surface area contributed by atoms with Crippen molar-refractivity contribution in [3.8, 4) is 0 Å². The minimum Gasteiger partial charge on any atom is -0.272 e. The summed E-state index contributed by atoms with van der Waals surface area (Å²) in [5, 5.41) is 4.48. The third-order valence-corrected chi connectivity index (χ3v) is 3.64. The van der Waals surface area contributed by atoms with Crippen LogP contribution in [0, 0.1) is 0 Å². The molecule has 0 aromatic carbocycles. The van der Waals surface area contributed by atoms with Crippen LogP contribution < -0.4 is 11.3 Å². The van der Waals surface area contributed by atoms with Crippen molar-refractivity contribution in [2.75, 3.05) is 0 Å². The molecule has 0 aliphatic heterocycles. The van der Waals surface area contributed by atoms with Crippen molar-refractivity contribution < 1.29 is 0 Å². The lowest BCUT2D eigenvalue weighted by molar-refractivity contribution is 0.514. The molecule has 2 aromatic rings. The third-order valence-electron chi connectivity index (χ3n) is 3.64. The van der Waals surface area contributed by atoms with Crippen LogP contribution >= 0.6 is 0 Å². The topological polar surface area (TPSA) is 68.8 Å². The average Bonchev–Trinajstić information content (AvgIpc) is 2.85. The van der Waals surface area contributed by atoms with Crippen molar-refractivity contribution in [1.82, 2.24) is 20.2 Å². The zero-order chi connectivity index (χ0) is 14.5. The Kier molecular flexibility index (Phi) is 4.87. The summed E-state index contributed by atoms with van der Waals surface area (Å²) in [4.78, 5) is 4.50. The summed E-state index contributed by atoms with van der Waals surface area (Å²) in [5.41, 5.74) is 7.42. The van der Waals surface area contributed by atoms with Gasteiger partial charge in [-0.25, -0.2) is 0 Å². The summed E-state index contributed by atoms with van der Waals surface area (Å²) in [6.45, 7) is 4.24. The van der Waals surface area contributed by atoms with E-state index in [4.69, 9.17) is 5.84 Å². The molecule has 0 spiro atoms. The van der Waals surface area contributed by atoms with Crippen LogP contribution in [0.4, 0.5) is 0 Å². The number of nitrogens with two attached hydrogens (primary N) is 1. The van der Waals surface area contributed by atoms with E-state index in [1.54, 1.807) is 0 Å². The highest BCUT2D eigenvalue weighted by atomic mass is 15.3. The molecule has 2 rings (SSSR count). The zero-order valence-electron chi connectivity index (χ0n) is 12.4. The summed E-state index contributed by atoms with van der Waals surface area (Å²) in [6, 6.07) is 6.22. The van der Waals surface area contributed by atoms with E-state index < -0.39 is 0 Å². The van der Waals surface area contributed by atoms with Gasteiger partial charge in [-0.05, 0) is 30.5 Å². The second-order valence-electron chi connectivity index (χ2n) is 4.93. The van der Waals surface area contributed by atoms with Gasteiger partial charge >= 0.3 is 0 Å². The largest absolute Gasteiger partial charge is 0.272 e. The quantitative estimate of drug-likeness (QED) is 0.621. The molecule has 5 heteroatoms. The van der Waals surface area contributed by atoms with Gasteiger partial charge in [0, 0.05) is 25.4 Å². The van der Waals surface area contributed by atoms with Crippen molar-refractivity contribution in [1.29, 1.82) is 0 Å². The maximum absolute atomic E-state index is 5.75. The van der Waals surface area contributed by atoms with Gasteiger partial charge in [0.1, 0.15) is 0 Å². The van der Waals surface area contributed by atoms with Gasteiger partial charge in [0.15, 0.2) is 0 Å². The SMILES string of the molecule is CCc1cc(CC(NN)c2ncccc2CC)n(C)n1. The summed E-state index contributed by atoms with van der Waals surface area (Å²) in [6.07, 6.45) is 4.49. The Hall–Kier alpha value is -1.72. The van der Waals surface area contributed by atoms with E-state index in [-0.39, 0.29) is 6.04 Å². The Morgan fingerprint density at radius 1 is 1.35 bits per heavy atom. The van der Waals surface area contributed by atoms with E-state index >= 15 is 0 Å². The first-order valence-electron chi connectivity index (χ1n) is 7.11. The summed E-state index contributed by atoms with van der Waals surface area (Å²) < 4.78 is 1.93. The van der Waals surface area contributed by atoms with Crippen LogP contribution in [0.1, 0.15) is 42.5 Å². The van der Waals surface area contributed by atoms with E-state index in [2.05, 4.69) is 41.5 Å². The number of nitrogens with one attached hydrogen (secondary N) is 1. The molecule has 3 N–H and O–H groups in total. The molecule has 0 aliphatic rings. The van der Waals surface area contributed by atoms with Gasteiger partial charge in [0.05, 0.1) is 17.4 Å². The normalized spacial score (nSPS) is 12.6. The molecular weight excluding hydrogens is 250 g/mol. The van der Waals surface area contributed by atoms with E-state index in [9.17, 15) is 0 Å². The van der Waals surface area contributed by atoms with Gasteiger partial charge in [-0.2, -0.15) is 5.10 Å². The second-order valence-corrected chi connectivity index (χ2v) is 4.93. The molecule has 1 unspecified atom stereocenters. The van der Waals surface area contributed by atoms with Crippen molar-refractivity contribution in [2.45, 2.75) is 39.2 Å². The lowest BCUT2D eigenvalue weighted by Gasteiger charge is -2.18. The molecule has 0 fully saturated rings. The first kappa shape index (κ1) is 14.7. The van der Waals surface area contributed by atoms with E-state index in [1.165, 1.54) is 5.56 Å². The van der Waals surface area contributed by atoms with Gasteiger partial charge < -0.3 is 0 Å². The highest BCUT2D eigenvalue weighted by Gasteiger charge is 2.17. The maximum atomic E-state index is 5.75. The molecular formula is C15H23N5. The van der Waals surface area contributed by atoms with Crippen molar-refractivity contribution >= 4 is 0 Å². The molecule has 0 bridgehead atoms. The maximum Gasteiger partial charge on any atom is 0.0690 e. The fourth-order valence-electron chi connectivity index (χ4n) is 2.44. The molecule has 0 saturated carbocycles. The molecule has 0 saturated heterocycles. The van der Waals surface area contributed by atoms with Gasteiger partial charge in [0.2, 0.25) is 0 Å². The molecule has 20 heavy (non-hydrogen) atoms. The second kappa shape index (κ2) is 6.63. The first-order valence-corrected chi connectivity index (χ1v) is 7.11. The minimum atomic E-state index is 0.00579. The number of hydrazine groups is 1. The minimum absolute atomic E-state index is 0.00579. The van der Waals surface area contributed by atoms with Gasteiger partial charge in [-0.3, -0.25) is 20.9 Å². The van der Waals surface area contributed by atoms with E-state index in [0.29, 0.717) is 0 Å². The van der Waals surface area contributed by atoms with Crippen molar-refractivity contribution in [2.24, 2.45) is 12.9 Å². The number of rotatable bonds is 6. The lowest BCUT2D eigenvalue weighted by Crippen LogP contribution is -2.31. The molecule has 108 valence electrons. The van der Waals surface area contributed by atoms with Crippen LogP contribution in [0.2, 0.25) is 0 Å². The Morgan fingerprint density at radius 2 is 2.15 bits per heavy atom. The van der Waals surface area contributed by atoms with Crippen LogP contribution in [0.5, 0.6) is 0 Å². The van der Waals surface area contributed by atoms with Gasteiger partial charge in [0.25, 0.3) is 0 Å². The molecule has 0 amide bonds. The fourth-order valence-corrected chi connectivity index (χ4v) is 2.44. The predicted octanol–water partition coefficient (Wildman–Crippen LogP) is 1.69. The Balaban J connectivity index is 2.26.